The SMILES string of the molecule is O=C(Cl)CCI. The van der Waals surface area contributed by atoms with E-state index in [0.29, 0.717) is 6.42 Å². The number of carbonyl (C=O) groups excluding carboxylic acids is 1. The number of hydrogen-bond acceptors (Lipinski definition) is 1. The number of halogens is 2. The Morgan fingerprint density at radius 1 is 1.83 bits per heavy atom. The number of hydrogen-bond donors (Lipinski definition) is 0. The molecule has 0 aliphatic rings. The molecular formula is C3H4ClIO. The fraction of sp³-hybridized carbons (Fsp3) is 0.667. The Morgan fingerprint density at radius 3 is 2.33 bits per heavy atom. The van der Waals surface area contributed by atoms with Gasteiger partial charge in [0, 0.05) is 10.8 Å². The van der Waals surface area contributed by atoms with Crippen LogP contribution in [0, 0.1) is 0 Å². The molecule has 1 nitrogen and oxygen atoms in total. The average molecular weight is 218 g/mol. The van der Waals surface area contributed by atoms with Gasteiger partial charge in [0.05, 0.1) is 0 Å². The van der Waals surface area contributed by atoms with Crippen LogP contribution in [0.5, 0.6) is 0 Å². The third kappa shape index (κ3) is 4.69. The van der Waals surface area contributed by atoms with Crippen molar-refractivity contribution in [3.8, 4) is 0 Å². The molecule has 0 aromatic rings. The summed E-state index contributed by atoms with van der Waals surface area (Å²) in [6.07, 6.45) is 0.488. The fourth-order valence-electron chi connectivity index (χ4n) is 0.0743. The van der Waals surface area contributed by atoms with E-state index in [4.69, 9.17) is 11.6 Å². The van der Waals surface area contributed by atoms with Crippen LogP contribution in [-0.4, -0.2) is 9.67 Å². The highest BCUT2D eigenvalue weighted by Gasteiger charge is 1.88. The summed E-state index contributed by atoms with van der Waals surface area (Å²) in [5, 5.41) is -0.246. The van der Waals surface area contributed by atoms with Crippen LogP contribution < -0.4 is 0 Å². The molecule has 0 atom stereocenters. The predicted octanol–water partition coefficient (Wildman–Crippen LogP) is 1.58. The molecule has 3 heteroatoms. The summed E-state index contributed by atoms with van der Waals surface area (Å²) in [7, 11) is 0. The van der Waals surface area contributed by atoms with E-state index in [0.717, 1.165) is 4.43 Å². The molecule has 0 N–H and O–H groups in total. The van der Waals surface area contributed by atoms with E-state index >= 15 is 0 Å². The molecule has 6 heavy (non-hydrogen) atoms. The molecule has 0 saturated heterocycles. The largest absolute Gasteiger partial charge is 0.281 e. The van der Waals surface area contributed by atoms with Gasteiger partial charge in [-0.25, -0.2) is 0 Å². The van der Waals surface area contributed by atoms with Gasteiger partial charge in [0.25, 0.3) is 0 Å². The molecule has 0 radical (unpaired) electrons. The van der Waals surface area contributed by atoms with Crippen molar-refractivity contribution in [2.45, 2.75) is 6.42 Å². The quantitative estimate of drug-likeness (QED) is 0.391. The zero-order valence-electron chi connectivity index (χ0n) is 3.08. The van der Waals surface area contributed by atoms with Gasteiger partial charge in [-0.05, 0) is 11.6 Å². The molecule has 0 aromatic heterocycles. The van der Waals surface area contributed by atoms with Gasteiger partial charge in [0.15, 0.2) is 0 Å². The number of carbonyl (C=O) groups is 1. The second-order valence-corrected chi connectivity index (χ2v) is 2.29. The third-order valence-electron chi connectivity index (χ3n) is 0.291. The molecule has 0 spiro atoms. The summed E-state index contributed by atoms with van der Waals surface area (Å²) >= 11 is 7.03. The maximum Gasteiger partial charge on any atom is 0.222 e. The zero-order chi connectivity index (χ0) is 4.99. The minimum atomic E-state index is -0.246. The van der Waals surface area contributed by atoms with Crippen molar-refractivity contribution in [2.24, 2.45) is 0 Å². The highest BCUT2D eigenvalue weighted by Crippen LogP contribution is 1.91. The van der Waals surface area contributed by atoms with E-state index in [1.54, 1.807) is 0 Å². The van der Waals surface area contributed by atoms with Crippen molar-refractivity contribution in [1.82, 2.24) is 0 Å². The molecule has 0 aromatic carbocycles. The molecule has 0 saturated carbocycles. The van der Waals surface area contributed by atoms with Gasteiger partial charge in [-0.15, -0.1) is 0 Å². The summed E-state index contributed by atoms with van der Waals surface area (Å²) < 4.78 is 0.820. The van der Waals surface area contributed by atoms with Crippen molar-refractivity contribution in [1.29, 1.82) is 0 Å². The summed E-state index contributed by atoms with van der Waals surface area (Å²) in [6.45, 7) is 0. The van der Waals surface area contributed by atoms with Gasteiger partial charge < -0.3 is 0 Å². The summed E-state index contributed by atoms with van der Waals surface area (Å²) in [4.78, 5) is 9.80. The zero-order valence-corrected chi connectivity index (χ0v) is 5.99. The van der Waals surface area contributed by atoms with Crippen molar-refractivity contribution >= 4 is 39.4 Å². The summed E-state index contributed by atoms with van der Waals surface area (Å²) in [5.74, 6) is 0. The second-order valence-electron chi connectivity index (χ2n) is 0.794. The number of rotatable bonds is 2. The van der Waals surface area contributed by atoms with Gasteiger partial charge >= 0.3 is 0 Å². The summed E-state index contributed by atoms with van der Waals surface area (Å²) in [6, 6.07) is 0. The van der Waals surface area contributed by atoms with E-state index in [-0.39, 0.29) is 5.24 Å². The highest BCUT2D eigenvalue weighted by molar-refractivity contribution is 14.1. The van der Waals surface area contributed by atoms with Crippen molar-refractivity contribution < 1.29 is 4.79 Å². The van der Waals surface area contributed by atoms with Crippen molar-refractivity contribution in [3.63, 3.8) is 0 Å². The van der Waals surface area contributed by atoms with Gasteiger partial charge in [0.1, 0.15) is 0 Å². The molecule has 0 unspecified atom stereocenters. The van der Waals surface area contributed by atoms with Crippen LogP contribution >= 0.6 is 34.2 Å². The predicted molar refractivity (Wildman–Crippen MR) is 34.4 cm³/mol. The molecule has 0 amide bonds. The molecule has 36 valence electrons. The normalized spacial score (nSPS) is 8.33. The van der Waals surface area contributed by atoms with Crippen LogP contribution in [0.3, 0.4) is 0 Å². The molecule has 0 aliphatic heterocycles. The Morgan fingerprint density at radius 2 is 2.33 bits per heavy atom. The molecule has 0 fully saturated rings. The maximum atomic E-state index is 9.80. The third-order valence-corrected chi connectivity index (χ3v) is 1.02. The van der Waals surface area contributed by atoms with Crippen molar-refractivity contribution in [3.05, 3.63) is 0 Å². The monoisotopic (exact) mass is 218 g/mol. The van der Waals surface area contributed by atoms with E-state index in [1.165, 1.54) is 0 Å². The summed E-state index contributed by atoms with van der Waals surface area (Å²) in [5.41, 5.74) is 0. The second kappa shape index (κ2) is 3.87. The highest BCUT2D eigenvalue weighted by atomic mass is 127. The Kier molecular flexibility index (Phi) is 4.31. The molecule has 0 rings (SSSR count). The lowest BCUT2D eigenvalue weighted by Crippen LogP contribution is -1.83. The lowest BCUT2D eigenvalue weighted by Gasteiger charge is -1.76. The van der Waals surface area contributed by atoms with Crippen LogP contribution in [-0.2, 0) is 4.79 Å². The Hall–Kier alpha value is 0.690. The Labute approximate surface area is 55.2 Å². The Bertz CT molecular complexity index is 54.8. The first-order valence-corrected chi connectivity index (χ1v) is 3.42. The lowest BCUT2D eigenvalue weighted by atomic mass is 10.6. The average Bonchev–Trinajstić information content (AvgIpc) is 1.35. The van der Waals surface area contributed by atoms with Crippen molar-refractivity contribution in [2.75, 3.05) is 4.43 Å². The first-order valence-electron chi connectivity index (χ1n) is 1.51. The van der Waals surface area contributed by atoms with Crippen LogP contribution in [0.2, 0.25) is 0 Å². The van der Waals surface area contributed by atoms with Gasteiger partial charge in [-0.2, -0.15) is 0 Å². The topological polar surface area (TPSA) is 17.1 Å². The molecule has 0 heterocycles. The molecule has 0 bridgehead atoms. The van der Waals surface area contributed by atoms with Crippen LogP contribution in [0.15, 0.2) is 0 Å². The molecule has 0 aliphatic carbocycles. The maximum absolute atomic E-state index is 9.80. The standard InChI is InChI=1S/C3H4ClIO/c4-3(6)1-2-5/h1-2H2. The minimum absolute atomic E-state index is 0.246. The van der Waals surface area contributed by atoms with Gasteiger partial charge in [-0.3, -0.25) is 4.79 Å². The van der Waals surface area contributed by atoms with Gasteiger partial charge in [0.2, 0.25) is 5.24 Å². The lowest BCUT2D eigenvalue weighted by molar-refractivity contribution is -0.111. The van der Waals surface area contributed by atoms with E-state index in [2.05, 4.69) is 22.6 Å². The van der Waals surface area contributed by atoms with Crippen LogP contribution in [0.1, 0.15) is 6.42 Å². The van der Waals surface area contributed by atoms with Gasteiger partial charge in [-0.1, -0.05) is 22.6 Å². The number of alkyl halides is 1. The Balaban J connectivity index is 2.83. The first kappa shape index (κ1) is 6.69. The van der Waals surface area contributed by atoms with E-state index in [9.17, 15) is 4.79 Å². The minimum Gasteiger partial charge on any atom is -0.281 e. The van der Waals surface area contributed by atoms with E-state index in [1.807, 2.05) is 0 Å². The fourth-order valence-corrected chi connectivity index (χ4v) is 0.978. The van der Waals surface area contributed by atoms with Crippen LogP contribution in [0.4, 0.5) is 0 Å². The first-order chi connectivity index (χ1) is 2.77. The smallest absolute Gasteiger partial charge is 0.222 e. The van der Waals surface area contributed by atoms with E-state index < -0.39 is 0 Å². The van der Waals surface area contributed by atoms with Crippen LogP contribution in [0.25, 0.3) is 0 Å². The molecular weight excluding hydrogens is 214 g/mol.